The van der Waals surface area contributed by atoms with Gasteiger partial charge in [0, 0.05) is 20.1 Å². The Morgan fingerprint density at radius 2 is 1.38 bits per heavy atom. The maximum absolute atomic E-state index is 12.0. The molecule has 0 aliphatic carbocycles. The van der Waals surface area contributed by atoms with E-state index in [0.29, 0.717) is 47.6 Å². The van der Waals surface area contributed by atoms with Crippen LogP contribution in [0.1, 0.15) is 21.5 Å². The predicted octanol–water partition coefficient (Wildman–Crippen LogP) is 2.99. The molecule has 0 saturated heterocycles. The van der Waals surface area contributed by atoms with Crippen molar-refractivity contribution in [1.82, 2.24) is 10.6 Å². The Morgan fingerprint density at radius 3 is 1.84 bits per heavy atom. The van der Waals surface area contributed by atoms with Crippen molar-refractivity contribution in [2.45, 2.75) is 13.1 Å². The lowest BCUT2D eigenvalue weighted by Crippen LogP contribution is -2.36. The third-order valence-electron chi connectivity index (χ3n) is 4.54. The molecule has 0 radical (unpaired) electrons. The predicted molar refractivity (Wildman–Crippen MR) is 133 cm³/mol. The Hall–Kier alpha value is -2.89. The van der Waals surface area contributed by atoms with Gasteiger partial charge in [-0.25, -0.2) is 4.79 Å². The first kappa shape index (κ1) is 27.1. The van der Waals surface area contributed by atoms with Gasteiger partial charge in [0.1, 0.15) is 11.3 Å². The topological polar surface area (TPSA) is 99.6 Å². The smallest absolute Gasteiger partial charge is 0.341 e. The Morgan fingerprint density at radius 1 is 0.812 bits per heavy atom. The van der Waals surface area contributed by atoms with Crippen LogP contribution in [0.5, 0.6) is 23.0 Å². The van der Waals surface area contributed by atoms with Gasteiger partial charge in [-0.15, -0.1) is 24.0 Å². The molecule has 0 fully saturated rings. The molecule has 0 aromatic heterocycles. The summed E-state index contributed by atoms with van der Waals surface area (Å²) in [7, 11) is 9.24. The van der Waals surface area contributed by atoms with Crippen LogP contribution in [0.15, 0.2) is 35.3 Å². The molecular formula is C22H30IN3O6. The van der Waals surface area contributed by atoms with Crippen molar-refractivity contribution in [2.75, 3.05) is 42.6 Å². The van der Waals surface area contributed by atoms with Crippen molar-refractivity contribution in [2.24, 2.45) is 4.99 Å². The fraction of sp³-hybridized carbons (Fsp3) is 0.364. The van der Waals surface area contributed by atoms with Crippen LogP contribution in [-0.4, -0.2) is 54.5 Å². The summed E-state index contributed by atoms with van der Waals surface area (Å²) in [6.07, 6.45) is 0. The zero-order valence-corrected chi connectivity index (χ0v) is 21.4. The molecule has 2 aromatic carbocycles. The molecule has 0 atom stereocenters. The molecule has 2 N–H and O–H groups in total. The Bertz CT molecular complexity index is 911. The summed E-state index contributed by atoms with van der Waals surface area (Å²) < 4.78 is 26.2. The molecular weight excluding hydrogens is 529 g/mol. The van der Waals surface area contributed by atoms with E-state index in [4.69, 9.17) is 23.7 Å². The fourth-order valence-corrected chi connectivity index (χ4v) is 2.96. The molecule has 176 valence electrons. The van der Waals surface area contributed by atoms with E-state index in [1.165, 1.54) is 14.2 Å². The molecule has 0 saturated carbocycles. The molecule has 0 amide bonds. The number of carbonyl (C=O) groups excluding carboxylic acids is 1. The van der Waals surface area contributed by atoms with E-state index < -0.39 is 5.97 Å². The molecule has 32 heavy (non-hydrogen) atoms. The highest BCUT2D eigenvalue weighted by molar-refractivity contribution is 14.0. The van der Waals surface area contributed by atoms with Crippen LogP contribution in [0.2, 0.25) is 0 Å². The Kier molecular flexibility index (Phi) is 11.5. The van der Waals surface area contributed by atoms with Crippen LogP contribution < -0.4 is 29.6 Å². The Balaban J connectivity index is 0.00000512. The molecule has 0 aliphatic heterocycles. The zero-order valence-electron chi connectivity index (χ0n) is 19.1. The molecule has 0 heterocycles. The van der Waals surface area contributed by atoms with Crippen LogP contribution in [0.25, 0.3) is 0 Å². The lowest BCUT2D eigenvalue weighted by Gasteiger charge is -2.16. The van der Waals surface area contributed by atoms with Gasteiger partial charge in [-0.2, -0.15) is 0 Å². The van der Waals surface area contributed by atoms with E-state index >= 15 is 0 Å². The maximum atomic E-state index is 12.0. The number of esters is 1. The van der Waals surface area contributed by atoms with Gasteiger partial charge in [-0.1, -0.05) is 6.07 Å². The number of hydrogen-bond donors (Lipinski definition) is 2. The highest BCUT2D eigenvalue weighted by Crippen LogP contribution is 2.38. The van der Waals surface area contributed by atoms with E-state index in [2.05, 4.69) is 15.6 Å². The van der Waals surface area contributed by atoms with Crippen molar-refractivity contribution >= 4 is 35.9 Å². The summed E-state index contributed by atoms with van der Waals surface area (Å²) in [5.41, 5.74) is 2.16. The molecule has 10 heteroatoms. The summed E-state index contributed by atoms with van der Waals surface area (Å²) in [6.45, 7) is 0.926. The van der Waals surface area contributed by atoms with Gasteiger partial charge in [0.15, 0.2) is 17.5 Å². The van der Waals surface area contributed by atoms with Gasteiger partial charge in [0.2, 0.25) is 5.75 Å². The molecule has 0 spiro atoms. The largest absolute Gasteiger partial charge is 0.496 e. The van der Waals surface area contributed by atoms with Crippen molar-refractivity contribution in [1.29, 1.82) is 0 Å². The van der Waals surface area contributed by atoms with E-state index in [-0.39, 0.29) is 24.0 Å². The van der Waals surface area contributed by atoms with Crippen LogP contribution in [0, 0.1) is 0 Å². The lowest BCUT2D eigenvalue weighted by atomic mass is 10.1. The number of ether oxygens (including phenoxy) is 5. The second kappa shape index (κ2) is 13.5. The second-order valence-corrected chi connectivity index (χ2v) is 6.34. The number of hydrogen-bond acceptors (Lipinski definition) is 7. The van der Waals surface area contributed by atoms with Gasteiger partial charge in [0.05, 0.1) is 35.5 Å². The highest BCUT2D eigenvalue weighted by atomic mass is 127. The number of aliphatic imine (C=N–C) groups is 1. The molecule has 2 rings (SSSR count). The number of rotatable bonds is 9. The first-order chi connectivity index (χ1) is 15.0. The average molecular weight is 559 g/mol. The minimum atomic E-state index is -0.455. The van der Waals surface area contributed by atoms with Crippen LogP contribution in [0.3, 0.4) is 0 Å². The van der Waals surface area contributed by atoms with Crippen molar-refractivity contribution in [3.8, 4) is 23.0 Å². The van der Waals surface area contributed by atoms with Gasteiger partial charge >= 0.3 is 5.97 Å². The molecule has 0 bridgehead atoms. The second-order valence-electron chi connectivity index (χ2n) is 6.34. The number of methoxy groups -OCH3 is 5. The quantitative estimate of drug-likeness (QED) is 0.210. The van der Waals surface area contributed by atoms with E-state index in [0.717, 1.165) is 11.1 Å². The van der Waals surface area contributed by atoms with Gasteiger partial charge < -0.3 is 34.3 Å². The summed E-state index contributed by atoms with van der Waals surface area (Å²) in [5, 5.41) is 6.45. The third kappa shape index (κ3) is 6.81. The zero-order chi connectivity index (χ0) is 22.8. The minimum Gasteiger partial charge on any atom is -0.496 e. The lowest BCUT2D eigenvalue weighted by molar-refractivity contribution is 0.0597. The van der Waals surface area contributed by atoms with E-state index in [1.807, 2.05) is 18.2 Å². The molecule has 0 unspecified atom stereocenters. The maximum Gasteiger partial charge on any atom is 0.341 e. The van der Waals surface area contributed by atoms with Crippen molar-refractivity contribution in [3.63, 3.8) is 0 Å². The van der Waals surface area contributed by atoms with Crippen LogP contribution >= 0.6 is 24.0 Å². The first-order valence-electron chi connectivity index (χ1n) is 9.49. The molecule has 9 nitrogen and oxygen atoms in total. The van der Waals surface area contributed by atoms with Crippen LogP contribution in [-0.2, 0) is 17.8 Å². The van der Waals surface area contributed by atoms with Gasteiger partial charge in [-0.05, 0) is 35.4 Å². The van der Waals surface area contributed by atoms with Crippen molar-refractivity contribution in [3.05, 3.63) is 47.0 Å². The normalized spacial score (nSPS) is 10.5. The first-order valence-corrected chi connectivity index (χ1v) is 9.49. The molecule has 2 aromatic rings. The number of guanidine groups is 1. The SMILES string of the molecule is CN=C(NCc1cc(OC)c(OC)c(OC)c1)NCc1ccc(OC)c(C(=O)OC)c1.I. The van der Waals surface area contributed by atoms with E-state index in [1.54, 1.807) is 40.5 Å². The minimum absolute atomic E-state index is 0. The monoisotopic (exact) mass is 559 g/mol. The van der Waals surface area contributed by atoms with E-state index in [9.17, 15) is 4.79 Å². The number of halogens is 1. The summed E-state index contributed by atoms with van der Waals surface area (Å²) >= 11 is 0. The fourth-order valence-electron chi connectivity index (χ4n) is 2.96. The highest BCUT2D eigenvalue weighted by Gasteiger charge is 2.15. The van der Waals surface area contributed by atoms with Crippen LogP contribution in [0.4, 0.5) is 0 Å². The standard InChI is InChI=1S/C22H29N3O6.HI/c1-23-22(24-12-14-7-8-17(27-2)16(9-14)21(26)31-6)25-13-15-10-18(28-3)20(30-5)19(11-15)29-4;/h7-11H,12-13H2,1-6H3,(H2,23,24,25);1H. The summed E-state index contributed by atoms with van der Waals surface area (Å²) in [4.78, 5) is 16.2. The Labute approximate surface area is 205 Å². The summed E-state index contributed by atoms with van der Waals surface area (Å²) in [6, 6.07) is 9.06. The third-order valence-corrected chi connectivity index (χ3v) is 4.54. The number of nitrogens with zero attached hydrogens (tertiary/aromatic N) is 1. The number of benzene rings is 2. The number of carbonyl (C=O) groups is 1. The van der Waals surface area contributed by atoms with Gasteiger partial charge in [0.25, 0.3) is 0 Å². The van der Waals surface area contributed by atoms with Gasteiger partial charge in [-0.3, -0.25) is 4.99 Å². The summed E-state index contributed by atoms with van der Waals surface area (Å²) in [5.74, 6) is 2.29. The van der Waals surface area contributed by atoms with Crippen molar-refractivity contribution < 1.29 is 28.5 Å². The number of nitrogens with one attached hydrogen (secondary N) is 2. The molecule has 0 aliphatic rings. The average Bonchev–Trinajstić information content (AvgIpc) is 2.82.